The molecule has 24 heavy (non-hydrogen) atoms. The average molecular weight is 394 g/mol. The van der Waals surface area contributed by atoms with Crippen LogP contribution in [0.5, 0.6) is 0 Å². The number of thiophene rings is 1. The number of nitrogens with two attached hydrogens (primary N) is 1. The molecule has 2 fully saturated rings. The largest absolute Gasteiger partial charge is 0.342 e. The van der Waals surface area contributed by atoms with E-state index in [9.17, 15) is 13.2 Å². The average Bonchev–Trinajstić information content (AvgIpc) is 3.27. The summed E-state index contributed by atoms with van der Waals surface area (Å²) in [5.41, 5.74) is 5.65. The van der Waals surface area contributed by atoms with Crippen molar-refractivity contribution in [3.8, 4) is 0 Å². The molecule has 0 saturated carbocycles. The molecule has 1 atom stereocenters. The van der Waals surface area contributed by atoms with E-state index < -0.39 is 10.0 Å². The van der Waals surface area contributed by atoms with Crippen molar-refractivity contribution in [2.45, 2.75) is 29.9 Å². The van der Waals surface area contributed by atoms with Crippen LogP contribution in [-0.2, 0) is 21.2 Å². The third-order valence-corrected chi connectivity index (χ3v) is 8.04. The molecule has 0 aromatic carbocycles. The van der Waals surface area contributed by atoms with Crippen molar-refractivity contribution >= 4 is 39.7 Å². The van der Waals surface area contributed by atoms with E-state index in [0.717, 1.165) is 37.2 Å². The van der Waals surface area contributed by atoms with Crippen LogP contribution >= 0.6 is 23.7 Å². The second-order valence-electron chi connectivity index (χ2n) is 6.24. The first kappa shape index (κ1) is 19.7. The molecule has 2 aliphatic heterocycles. The van der Waals surface area contributed by atoms with Gasteiger partial charge in [0.25, 0.3) is 10.0 Å². The maximum atomic E-state index is 12.5. The van der Waals surface area contributed by atoms with Crippen molar-refractivity contribution in [3.05, 3.63) is 17.0 Å². The zero-order valence-electron chi connectivity index (χ0n) is 13.5. The summed E-state index contributed by atoms with van der Waals surface area (Å²) in [4.78, 5) is 15.0. The van der Waals surface area contributed by atoms with Gasteiger partial charge in [-0.25, -0.2) is 8.42 Å². The molecule has 2 saturated heterocycles. The standard InChI is InChI=1S/C15H23N3O3S2.ClH/c16-10-12-5-8-17(11-12)14(19)9-13-3-4-15(22-13)23(20,21)18-6-1-2-7-18;/h3-4,12H,1-2,5-11,16H2;1H. The van der Waals surface area contributed by atoms with E-state index in [1.807, 2.05) is 4.90 Å². The van der Waals surface area contributed by atoms with Crippen LogP contribution in [0, 0.1) is 5.92 Å². The van der Waals surface area contributed by atoms with Gasteiger partial charge >= 0.3 is 0 Å². The summed E-state index contributed by atoms with van der Waals surface area (Å²) in [6, 6.07) is 3.40. The molecule has 1 aromatic rings. The molecule has 0 aliphatic carbocycles. The fraction of sp³-hybridized carbons (Fsp3) is 0.667. The quantitative estimate of drug-likeness (QED) is 0.817. The first-order valence-electron chi connectivity index (χ1n) is 8.07. The van der Waals surface area contributed by atoms with Crippen molar-refractivity contribution in [2.75, 3.05) is 32.7 Å². The second kappa shape index (κ2) is 8.14. The zero-order chi connectivity index (χ0) is 16.4. The van der Waals surface area contributed by atoms with E-state index in [0.29, 0.717) is 29.8 Å². The van der Waals surface area contributed by atoms with Gasteiger partial charge in [0, 0.05) is 31.1 Å². The lowest BCUT2D eigenvalue weighted by molar-refractivity contribution is -0.129. The minimum absolute atomic E-state index is 0. The summed E-state index contributed by atoms with van der Waals surface area (Å²) in [6.45, 7) is 3.29. The SMILES string of the molecule is Cl.NCC1CCN(C(=O)Cc2ccc(S(=O)(=O)N3CCCC3)s2)C1. The number of rotatable bonds is 5. The Balaban J connectivity index is 0.00000208. The molecular weight excluding hydrogens is 370 g/mol. The summed E-state index contributed by atoms with van der Waals surface area (Å²) in [6.07, 6.45) is 3.08. The van der Waals surface area contributed by atoms with Gasteiger partial charge in [-0.3, -0.25) is 4.79 Å². The predicted molar refractivity (Wildman–Crippen MR) is 97.0 cm³/mol. The van der Waals surface area contributed by atoms with Crippen LogP contribution in [0.1, 0.15) is 24.1 Å². The summed E-state index contributed by atoms with van der Waals surface area (Å²) in [5.74, 6) is 0.460. The van der Waals surface area contributed by atoms with E-state index in [1.165, 1.54) is 15.6 Å². The molecule has 0 bridgehead atoms. The minimum Gasteiger partial charge on any atom is -0.342 e. The highest BCUT2D eigenvalue weighted by Gasteiger charge is 2.29. The van der Waals surface area contributed by atoms with Crippen molar-refractivity contribution in [2.24, 2.45) is 11.7 Å². The molecule has 0 radical (unpaired) electrons. The molecular formula is C15H24ClN3O3S2. The number of hydrogen-bond acceptors (Lipinski definition) is 5. The van der Waals surface area contributed by atoms with Gasteiger partial charge in [-0.1, -0.05) is 0 Å². The monoisotopic (exact) mass is 393 g/mol. The lowest BCUT2D eigenvalue weighted by Gasteiger charge is -2.15. The minimum atomic E-state index is -3.38. The van der Waals surface area contributed by atoms with Crippen molar-refractivity contribution in [3.63, 3.8) is 0 Å². The fourth-order valence-corrected chi connectivity index (χ4v) is 6.18. The van der Waals surface area contributed by atoms with E-state index in [-0.39, 0.29) is 24.7 Å². The Labute approximate surface area is 153 Å². The Morgan fingerprint density at radius 2 is 1.96 bits per heavy atom. The number of hydrogen-bond donors (Lipinski definition) is 1. The van der Waals surface area contributed by atoms with Crippen LogP contribution in [0.25, 0.3) is 0 Å². The van der Waals surface area contributed by atoms with E-state index in [4.69, 9.17) is 5.73 Å². The topological polar surface area (TPSA) is 83.7 Å². The molecule has 136 valence electrons. The lowest BCUT2D eigenvalue weighted by atomic mass is 10.1. The molecule has 2 aliphatic rings. The third-order valence-electron chi connectivity index (χ3n) is 4.59. The molecule has 3 heterocycles. The van der Waals surface area contributed by atoms with Gasteiger partial charge in [-0.2, -0.15) is 4.31 Å². The Hall–Kier alpha value is -0.670. The second-order valence-corrected chi connectivity index (χ2v) is 9.57. The highest BCUT2D eigenvalue weighted by atomic mass is 35.5. The number of likely N-dealkylation sites (tertiary alicyclic amines) is 1. The van der Waals surface area contributed by atoms with Crippen LogP contribution < -0.4 is 5.73 Å². The van der Waals surface area contributed by atoms with Gasteiger partial charge in [0.2, 0.25) is 5.91 Å². The van der Waals surface area contributed by atoms with E-state index >= 15 is 0 Å². The fourth-order valence-electron chi connectivity index (χ4n) is 3.16. The first-order valence-corrected chi connectivity index (χ1v) is 10.3. The van der Waals surface area contributed by atoms with Crippen LogP contribution in [0.15, 0.2) is 16.3 Å². The molecule has 0 spiro atoms. The van der Waals surface area contributed by atoms with Gasteiger partial charge in [0.05, 0.1) is 6.42 Å². The van der Waals surface area contributed by atoms with Crippen LogP contribution in [0.4, 0.5) is 0 Å². The van der Waals surface area contributed by atoms with Crippen LogP contribution in [-0.4, -0.2) is 56.3 Å². The lowest BCUT2D eigenvalue weighted by Crippen LogP contribution is -2.30. The van der Waals surface area contributed by atoms with Gasteiger partial charge < -0.3 is 10.6 Å². The number of nitrogens with zero attached hydrogens (tertiary/aromatic N) is 2. The van der Waals surface area contributed by atoms with Gasteiger partial charge in [-0.15, -0.1) is 23.7 Å². The van der Waals surface area contributed by atoms with Gasteiger partial charge in [0.15, 0.2) is 0 Å². The summed E-state index contributed by atoms with van der Waals surface area (Å²) in [7, 11) is -3.38. The molecule has 1 amide bonds. The molecule has 2 N–H and O–H groups in total. The number of carbonyl (C=O) groups excluding carboxylic acids is 1. The van der Waals surface area contributed by atoms with Gasteiger partial charge in [-0.05, 0) is 43.9 Å². The Kier molecular flexibility index (Phi) is 6.66. The number of amides is 1. The normalized spacial score (nSPS) is 21.9. The Morgan fingerprint density at radius 3 is 2.58 bits per heavy atom. The molecule has 1 aromatic heterocycles. The number of sulfonamides is 1. The summed E-state index contributed by atoms with van der Waals surface area (Å²) < 4.78 is 26.9. The Bertz CT molecular complexity index is 671. The molecule has 9 heteroatoms. The van der Waals surface area contributed by atoms with Crippen molar-refractivity contribution in [1.82, 2.24) is 9.21 Å². The maximum absolute atomic E-state index is 12.5. The Morgan fingerprint density at radius 1 is 1.25 bits per heavy atom. The highest BCUT2D eigenvalue weighted by molar-refractivity contribution is 7.91. The third kappa shape index (κ3) is 4.11. The summed E-state index contributed by atoms with van der Waals surface area (Å²) in [5, 5.41) is 0. The molecule has 1 unspecified atom stereocenters. The summed E-state index contributed by atoms with van der Waals surface area (Å²) >= 11 is 1.22. The van der Waals surface area contributed by atoms with Gasteiger partial charge in [0.1, 0.15) is 4.21 Å². The van der Waals surface area contributed by atoms with Crippen LogP contribution in [0.2, 0.25) is 0 Å². The first-order chi connectivity index (χ1) is 11.0. The number of carbonyl (C=O) groups is 1. The maximum Gasteiger partial charge on any atom is 0.252 e. The number of halogens is 1. The smallest absolute Gasteiger partial charge is 0.252 e. The zero-order valence-corrected chi connectivity index (χ0v) is 16.0. The predicted octanol–water partition coefficient (Wildman–Crippen LogP) is 1.30. The van der Waals surface area contributed by atoms with E-state index in [2.05, 4.69) is 0 Å². The molecule has 3 rings (SSSR count). The van der Waals surface area contributed by atoms with E-state index in [1.54, 1.807) is 12.1 Å². The van der Waals surface area contributed by atoms with Crippen LogP contribution in [0.3, 0.4) is 0 Å². The van der Waals surface area contributed by atoms with Crippen molar-refractivity contribution in [1.29, 1.82) is 0 Å². The molecule has 6 nitrogen and oxygen atoms in total. The van der Waals surface area contributed by atoms with Crippen molar-refractivity contribution < 1.29 is 13.2 Å². The highest BCUT2D eigenvalue weighted by Crippen LogP contribution is 2.28.